The number of fused-ring (bicyclic) bond motifs is 1. The van der Waals surface area contributed by atoms with Crippen molar-refractivity contribution in [1.82, 2.24) is 5.32 Å². The summed E-state index contributed by atoms with van der Waals surface area (Å²) in [6, 6.07) is 15.4. The number of aliphatic imine (C=N–C) groups is 1. The van der Waals surface area contributed by atoms with E-state index >= 15 is 0 Å². The van der Waals surface area contributed by atoms with Gasteiger partial charge in [-0.2, -0.15) is 0 Å². The SMILES string of the molecule is O=C(CN1C(=O)CN=C(c2ccccc2)c2ccc(Cl)cc21)NC1CCCCC1. The van der Waals surface area contributed by atoms with E-state index in [9.17, 15) is 9.59 Å². The van der Waals surface area contributed by atoms with E-state index in [0.29, 0.717) is 10.7 Å². The number of hydrogen-bond donors (Lipinski definition) is 1. The predicted molar refractivity (Wildman–Crippen MR) is 116 cm³/mol. The van der Waals surface area contributed by atoms with E-state index in [1.807, 2.05) is 36.4 Å². The maximum absolute atomic E-state index is 12.9. The molecule has 2 aromatic rings. The molecule has 6 heteroatoms. The summed E-state index contributed by atoms with van der Waals surface area (Å²) in [5.74, 6) is -0.349. The number of benzodiazepines with no additional fused rings is 1. The summed E-state index contributed by atoms with van der Waals surface area (Å²) in [6.07, 6.45) is 5.51. The lowest BCUT2D eigenvalue weighted by atomic mass is 9.95. The van der Waals surface area contributed by atoms with Gasteiger partial charge in [-0.1, -0.05) is 61.2 Å². The molecule has 5 nitrogen and oxygen atoms in total. The fraction of sp³-hybridized carbons (Fsp3) is 0.348. The molecule has 0 spiro atoms. The lowest BCUT2D eigenvalue weighted by Crippen LogP contribution is -2.45. The van der Waals surface area contributed by atoms with Crippen LogP contribution >= 0.6 is 11.6 Å². The molecule has 0 atom stereocenters. The number of nitrogens with one attached hydrogen (secondary N) is 1. The highest BCUT2D eigenvalue weighted by molar-refractivity contribution is 6.31. The molecule has 1 heterocycles. The van der Waals surface area contributed by atoms with E-state index < -0.39 is 0 Å². The third-order valence-corrected chi connectivity index (χ3v) is 5.73. The molecule has 1 aliphatic carbocycles. The topological polar surface area (TPSA) is 61.8 Å². The van der Waals surface area contributed by atoms with Gasteiger partial charge in [0.25, 0.3) is 0 Å². The number of anilines is 1. The van der Waals surface area contributed by atoms with Gasteiger partial charge in [0.05, 0.1) is 11.4 Å². The average molecular weight is 410 g/mol. The summed E-state index contributed by atoms with van der Waals surface area (Å²) >= 11 is 6.25. The highest BCUT2D eigenvalue weighted by atomic mass is 35.5. The van der Waals surface area contributed by atoms with E-state index in [0.717, 1.165) is 42.5 Å². The van der Waals surface area contributed by atoms with Crippen molar-refractivity contribution in [3.63, 3.8) is 0 Å². The molecule has 1 fully saturated rings. The van der Waals surface area contributed by atoms with E-state index in [1.54, 1.807) is 12.1 Å². The first-order valence-corrected chi connectivity index (χ1v) is 10.5. The Morgan fingerprint density at radius 3 is 2.62 bits per heavy atom. The van der Waals surface area contributed by atoms with Crippen molar-refractivity contribution >= 4 is 34.8 Å². The normalized spacial score (nSPS) is 17.3. The number of carbonyl (C=O) groups is 2. The van der Waals surface area contributed by atoms with Crippen molar-refractivity contribution in [3.05, 3.63) is 64.7 Å². The molecule has 0 saturated heterocycles. The highest BCUT2D eigenvalue weighted by Gasteiger charge is 2.28. The molecule has 0 radical (unpaired) electrons. The van der Waals surface area contributed by atoms with E-state index in [4.69, 9.17) is 11.6 Å². The second-order valence-corrected chi connectivity index (χ2v) is 8.01. The molecule has 150 valence electrons. The Labute approximate surface area is 175 Å². The third-order valence-electron chi connectivity index (χ3n) is 5.50. The largest absolute Gasteiger partial charge is 0.352 e. The number of amides is 2. The number of carbonyl (C=O) groups excluding carboxylic acids is 2. The van der Waals surface area contributed by atoms with Gasteiger partial charge in [0.1, 0.15) is 13.1 Å². The van der Waals surface area contributed by atoms with Crippen molar-refractivity contribution < 1.29 is 9.59 Å². The van der Waals surface area contributed by atoms with E-state index in [-0.39, 0.29) is 30.9 Å². The first-order chi connectivity index (χ1) is 14.1. The van der Waals surface area contributed by atoms with Gasteiger partial charge in [-0.15, -0.1) is 0 Å². The van der Waals surface area contributed by atoms with Gasteiger partial charge in [0, 0.05) is 22.2 Å². The van der Waals surface area contributed by atoms with Crippen LogP contribution in [0.25, 0.3) is 0 Å². The Morgan fingerprint density at radius 1 is 1.10 bits per heavy atom. The molecular formula is C23H24ClN3O2. The zero-order valence-electron chi connectivity index (χ0n) is 16.2. The standard InChI is InChI=1S/C23H24ClN3O2/c24-17-11-12-19-20(13-17)27(15-21(28)26-18-9-5-2-6-10-18)22(29)14-25-23(19)16-7-3-1-4-8-16/h1,3-4,7-8,11-13,18H,2,5-6,9-10,14-15H2,(H,26,28). The lowest BCUT2D eigenvalue weighted by Gasteiger charge is -2.26. The van der Waals surface area contributed by atoms with Crippen molar-refractivity contribution in [2.24, 2.45) is 4.99 Å². The zero-order chi connectivity index (χ0) is 20.2. The number of halogens is 1. The smallest absolute Gasteiger partial charge is 0.249 e. The molecule has 1 N–H and O–H groups in total. The van der Waals surface area contributed by atoms with Crippen molar-refractivity contribution in [2.75, 3.05) is 18.0 Å². The molecular weight excluding hydrogens is 386 g/mol. The minimum Gasteiger partial charge on any atom is -0.352 e. The maximum Gasteiger partial charge on any atom is 0.249 e. The second kappa shape index (κ2) is 8.78. The van der Waals surface area contributed by atoms with Crippen molar-refractivity contribution in [2.45, 2.75) is 38.1 Å². The minimum atomic E-state index is -0.210. The van der Waals surface area contributed by atoms with Crippen molar-refractivity contribution in [1.29, 1.82) is 0 Å². The summed E-state index contributed by atoms with van der Waals surface area (Å²) < 4.78 is 0. The van der Waals surface area contributed by atoms with Gasteiger partial charge in [-0.25, -0.2) is 0 Å². The molecule has 2 amide bonds. The minimum absolute atomic E-state index is 0.00671. The number of nitrogens with zero attached hydrogens (tertiary/aromatic N) is 2. The van der Waals surface area contributed by atoms with E-state index in [1.165, 1.54) is 11.3 Å². The summed E-state index contributed by atoms with van der Waals surface area (Å²) in [4.78, 5) is 31.7. The van der Waals surface area contributed by atoms with Crippen LogP contribution in [0.2, 0.25) is 5.02 Å². The summed E-state index contributed by atoms with van der Waals surface area (Å²) in [6.45, 7) is -0.0342. The van der Waals surface area contributed by atoms with Crippen LogP contribution in [0.5, 0.6) is 0 Å². The Kier molecular flexibility index (Phi) is 5.95. The third kappa shape index (κ3) is 4.51. The average Bonchev–Trinajstić information content (AvgIpc) is 2.86. The number of rotatable bonds is 4. The summed E-state index contributed by atoms with van der Waals surface area (Å²) in [5.41, 5.74) is 3.09. The number of benzene rings is 2. The van der Waals surface area contributed by atoms with Crippen LogP contribution in [0, 0.1) is 0 Å². The predicted octanol–water partition coefficient (Wildman–Crippen LogP) is 3.97. The first-order valence-electron chi connectivity index (χ1n) is 10.1. The molecule has 2 aromatic carbocycles. The maximum atomic E-state index is 12.9. The first kappa shape index (κ1) is 19.6. The second-order valence-electron chi connectivity index (χ2n) is 7.57. The van der Waals surface area contributed by atoms with Crippen LogP contribution in [0.1, 0.15) is 43.2 Å². The molecule has 29 heavy (non-hydrogen) atoms. The van der Waals surface area contributed by atoms with Crippen LogP contribution in [0.15, 0.2) is 53.5 Å². The van der Waals surface area contributed by atoms with Gasteiger partial charge in [0.15, 0.2) is 0 Å². The molecule has 4 rings (SSSR count). The molecule has 0 unspecified atom stereocenters. The van der Waals surface area contributed by atoms with Gasteiger partial charge < -0.3 is 10.2 Å². The molecule has 0 bridgehead atoms. The Balaban J connectivity index is 1.63. The fourth-order valence-electron chi connectivity index (χ4n) is 4.06. The number of hydrogen-bond acceptors (Lipinski definition) is 3. The van der Waals surface area contributed by atoms with E-state index in [2.05, 4.69) is 10.3 Å². The molecule has 1 aliphatic heterocycles. The van der Waals surface area contributed by atoms with Crippen LogP contribution in [0.3, 0.4) is 0 Å². The summed E-state index contributed by atoms with van der Waals surface area (Å²) in [5, 5.41) is 3.61. The van der Waals surface area contributed by atoms with Gasteiger partial charge in [-0.3, -0.25) is 14.6 Å². The Bertz CT molecular complexity index is 936. The van der Waals surface area contributed by atoms with Crippen LogP contribution in [0.4, 0.5) is 5.69 Å². The van der Waals surface area contributed by atoms with Crippen LogP contribution in [-0.4, -0.2) is 36.7 Å². The van der Waals surface area contributed by atoms with Gasteiger partial charge >= 0.3 is 0 Å². The monoisotopic (exact) mass is 409 g/mol. The van der Waals surface area contributed by atoms with Crippen LogP contribution in [-0.2, 0) is 9.59 Å². The fourth-order valence-corrected chi connectivity index (χ4v) is 4.23. The Hall–Kier alpha value is -2.66. The zero-order valence-corrected chi connectivity index (χ0v) is 17.0. The molecule has 0 aromatic heterocycles. The van der Waals surface area contributed by atoms with Gasteiger partial charge in [0.2, 0.25) is 11.8 Å². The summed E-state index contributed by atoms with van der Waals surface area (Å²) in [7, 11) is 0. The van der Waals surface area contributed by atoms with Crippen molar-refractivity contribution in [3.8, 4) is 0 Å². The molecule has 1 saturated carbocycles. The van der Waals surface area contributed by atoms with Gasteiger partial charge in [-0.05, 0) is 31.0 Å². The Morgan fingerprint density at radius 2 is 1.86 bits per heavy atom. The quantitative estimate of drug-likeness (QED) is 0.830. The highest BCUT2D eigenvalue weighted by Crippen LogP contribution is 2.30. The molecule has 2 aliphatic rings. The van der Waals surface area contributed by atoms with Crippen LogP contribution < -0.4 is 10.2 Å². The lowest BCUT2D eigenvalue weighted by molar-refractivity contribution is -0.123.